The first-order chi connectivity index (χ1) is 72.9. The van der Waals surface area contributed by atoms with Gasteiger partial charge in [-0.3, -0.25) is 27.4 Å². The lowest BCUT2D eigenvalue weighted by atomic mass is 10.1. The number of anilines is 3. The Bertz CT molecular complexity index is 9730. The van der Waals surface area contributed by atoms with Crippen LogP contribution in [0.2, 0.25) is 0 Å². The Balaban J connectivity index is 0.000000109. The van der Waals surface area contributed by atoms with E-state index in [2.05, 4.69) is 301 Å². The molecule has 29 rings (SSSR count). The van der Waals surface area contributed by atoms with Crippen LogP contribution in [0.1, 0.15) is 0 Å². The summed E-state index contributed by atoms with van der Waals surface area (Å²) in [6, 6.07) is 161. The van der Waals surface area contributed by atoms with Gasteiger partial charge in [-0.1, -0.05) is 346 Å². The van der Waals surface area contributed by atoms with E-state index in [1.165, 1.54) is 38.1 Å². The smallest absolute Gasteiger partial charge is 0.240 e. The number of aromatic nitrogens is 20. The highest BCUT2D eigenvalue weighted by Gasteiger charge is 2.28. The van der Waals surface area contributed by atoms with Gasteiger partial charge in [0.2, 0.25) is 35.7 Å². The maximum atomic E-state index is 5.01. The number of benzene rings is 18. The van der Waals surface area contributed by atoms with Crippen molar-refractivity contribution in [3.8, 4) is 115 Å². The highest BCUT2D eigenvalue weighted by molar-refractivity contribution is 6.20. The van der Waals surface area contributed by atoms with E-state index in [9.17, 15) is 0 Å². The molecule has 147 heavy (non-hydrogen) atoms. The SMILES string of the molecule is c1ccc(-c2nc(-c3ccccc3)nc(-n3ccnc3-n3c4ccccc4c4cc(-n5c6ccccc6c6ccccc65)ccc43)n2)cc1.c1ccc(-c2nc(-c3ccccc3)nc(-n3ccnc3-n3c4ccccc4c4cc(N(c5ccccc5)c5ccccc5)ccc43)n2)cc1.c1ccc(-c2nc(-c3ccccc3)nc(-n3ccnc3-n3c4ccccc4c4cc5c(cc43)c3ccccc3n5-c3ccccc3)n2)cc1. The van der Waals surface area contributed by atoms with Crippen LogP contribution in [0.5, 0.6) is 0 Å². The van der Waals surface area contributed by atoms with Gasteiger partial charge in [0.1, 0.15) is 0 Å². The van der Waals surface area contributed by atoms with Crippen LogP contribution in [0, 0.1) is 0 Å². The quantitative estimate of drug-likeness (QED) is 0.0835. The number of fused-ring (bicyclic) bond motifs is 15. The molecule has 29 aromatic rings. The zero-order valence-electron chi connectivity index (χ0n) is 78.8. The van der Waals surface area contributed by atoms with Crippen LogP contribution in [0.4, 0.5) is 17.1 Å². The molecule has 0 saturated heterocycles. The zero-order valence-corrected chi connectivity index (χ0v) is 78.8. The van der Waals surface area contributed by atoms with Crippen LogP contribution in [0.25, 0.3) is 224 Å². The summed E-state index contributed by atoms with van der Waals surface area (Å²) in [5, 5.41) is 11.6. The molecule has 0 aliphatic carbocycles. The monoisotopic (exact) mass is 1890 g/mol. The summed E-state index contributed by atoms with van der Waals surface area (Å²) in [6.07, 6.45) is 11.2. The third-order valence-corrected chi connectivity index (χ3v) is 27.1. The Morgan fingerprint density at radius 1 is 0.156 bits per heavy atom. The van der Waals surface area contributed by atoms with E-state index in [0.717, 1.165) is 133 Å². The highest BCUT2D eigenvalue weighted by atomic mass is 15.3. The van der Waals surface area contributed by atoms with Gasteiger partial charge in [-0.15, -0.1) is 0 Å². The topological polar surface area (TPSA) is 197 Å². The van der Waals surface area contributed by atoms with Crippen LogP contribution in [-0.4, -0.2) is 96.3 Å². The van der Waals surface area contributed by atoms with Crippen LogP contribution in [0.15, 0.2) is 504 Å². The van der Waals surface area contributed by atoms with Gasteiger partial charge >= 0.3 is 0 Å². The first-order valence-corrected chi connectivity index (χ1v) is 48.7. The first kappa shape index (κ1) is 85.6. The van der Waals surface area contributed by atoms with E-state index in [4.69, 9.17) is 59.8 Å². The maximum Gasteiger partial charge on any atom is 0.240 e. The summed E-state index contributed by atoms with van der Waals surface area (Å²) >= 11 is 0. The molecule has 11 aromatic heterocycles. The van der Waals surface area contributed by atoms with Crippen molar-refractivity contribution >= 4 is 126 Å². The number of hydrogen-bond donors (Lipinski definition) is 0. The second kappa shape index (κ2) is 36.6. The molecule has 0 fully saturated rings. The number of nitrogens with zero attached hydrogens (tertiary/aromatic N) is 21. The maximum absolute atomic E-state index is 5.01. The molecule has 0 saturated carbocycles. The summed E-state index contributed by atoms with van der Waals surface area (Å²) in [5.74, 6) is 7.14. The number of hydrogen-bond acceptors (Lipinski definition) is 13. The van der Waals surface area contributed by atoms with Crippen molar-refractivity contribution in [3.63, 3.8) is 0 Å². The molecular weight excluding hydrogens is 1810 g/mol. The Morgan fingerprint density at radius 3 is 0.707 bits per heavy atom. The van der Waals surface area contributed by atoms with Crippen molar-refractivity contribution in [3.05, 3.63) is 504 Å². The summed E-state index contributed by atoms with van der Waals surface area (Å²) < 4.78 is 17.2. The molecule has 0 spiro atoms. The molecule has 0 atom stereocenters. The third-order valence-electron chi connectivity index (χ3n) is 27.1. The fourth-order valence-electron chi connectivity index (χ4n) is 20.5. The van der Waals surface area contributed by atoms with E-state index in [-0.39, 0.29) is 0 Å². The second-order valence-corrected chi connectivity index (χ2v) is 35.7. The lowest BCUT2D eigenvalue weighted by molar-refractivity contribution is 0.858. The first-order valence-electron chi connectivity index (χ1n) is 48.7. The van der Waals surface area contributed by atoms with Crippen molar-refractivity contribution in [2.45, 2.75) is 0 Å². The number of imidazole rings is 3. The molecule has 692 valence electrons. The summed E-state index contributed by atoms with van der Waals surface area (Å²) in [5.41, 5.74) is 21.9. The molecule has 0 radical (unpaired) electrons. The predicted octanol–water partition coefficient (Wildman–Crippen LogP) is 29.1. The summed E-state index contributed by atoms with van der Waals surface area (Å²) in [6.45, 7) is 0. The van der Waals surface area contributed by atoms with Gasteiger partial charge in [0.25, 0.3) is 0 Å². The summed E-state index contributed by atoms with van der Waals surface area (Å²) in [7, 11) is 0. The van der Waals surface area contributed by atoms with Gasteiger partial charge in [0.05, 0.1) is 55.2 Å². The lowest BCUT2D eigenvalue weighted by Gasteiger charge is -2.25. The number of para-hydroxylation sites is 9. The molecule has 0 amide bonds. The normalized spacial score (nSPS) is 11.5. The second-order valence-electron chi connectivity index (χ2n) is 35.7. The minimum Gasteiger partial charge on any atom is -0.310 e. The third kappa shape index (κ3) is 15.3. The highest BCUT2D eigenvalue weighted by Crippen LogP contribution is 2.45. The van der Waals surface area contributed by atoms with E-state index < -0.39 is 0 Å². The van der Waals surface area contributed by atoms with Gasteiger partial charge in [-0.25, -0.2) is 29.9 Å². The molecular formula is C126H83N21. The van der Waals surface area contributed by atoms with Crippen molar-refractivity contribution in [1.29, 1.82) is 0 Å². The van der Waals surface area contributed by atoms with Crippen molar-refractivity contribution < 1.29 is 0 Å². The lowest BCUT2D eigenvalue weighted by Crippen LogP contribution is -2.11. The Labute approximate surface area is 841 Å². The van der Waals surface area contributed by atoms with Gasteiger partial charge in [0.15, 0.2) is 34.9 Å². The van der Waals surface area contributed by atoms with E-state index in [1.54, 1.807) is 12.4 Å². The van der Waals surface area contributed by atoms with Gasteiger partial charge in [-0.2, -0.15) is 29.9 Å². The van der Waals surface area contributed by atoms with E-state index >= 15 is 0 Å². The van der Waals surface area contributed by atoms with Crippen LogP contribution in [-0.2, 0) is 0 Å². The molecule has 0 aliphatic rings. The Morgan fingerprint density at radius 2 is 0.388 bits per heavy atom. The van der Waals surface area contributed by atoms with E-state index in [0.29, 0.717) is 70.6 Å². The van der Waals surface area contributed by atoms with Crippen molar-refractivity contribution in [1.82, 2.24) is 96.3 Å². The molecule has 0 unspecified atom stereocenters. The molecule has 0 N–H and O–H groups in total. The standard InChI is InChI=1S/2C42H27N7.C42H29N7/c1-4-14-28(15-5-1)39-44-40(29-16-6-2-7-17-29)46-41(45-39)47-25-24-43-42(47)49-36-23-13-11-21-32(36)34-26-37-33(27-38(34)49)31-20-10-12-22-35(31)48(37)30-18-8-3-9-19-30;1-3-13-28(14-4-1)39-44-40(29-15-5-2-6-16-29)46-41(45-39)47-26-25-43-42(47)49-37-22-12-9-19-33(37)34-27-30(23-24-38(34)49)48-35-20-10-7-17-31(35)32-18-8-11-21-36(32)48;1-5-15-30(16-6-1)39-44-40(31-17-7-2-8-18-31)46-41(45-39)47-28-27-43-42(47)49-37-24-14-13-23-35(37)36-29-34(25-26-38(36)49)48(32-19-9-3-10-20-32)33-21-11-4-12-22-33/h2*1-27H;1-29H. The molecule has 0 bridgehead atoms. The summed E-state index contributed by atoms with van der Waals surface area (Å²) in [4.78, 5) is 61.7. The number of rotatable bonds is 17. The molecule has 11 heterocycles. The average molecular weight is 1890 g/mol. The van der Waals surface area contributed by atoms with Gasteiger partial charge in [0, 0.05) is 153 Å². The Kier molecular flexibility index (Phi) is 21.3. The fraction of sp³-hybridized carbons (Fsp3) is 0. The van der Waals surface area contributed by atoms with Gasteiger partial charge < -0.3 is 14.0 Å². The minimum atomic E-state index is 0.488. The molecule has 21 heteroatoms. The zero-order chi connectivity index (χ0) is 97.2. The minimum absolute atomic E-state index is 0.488. The predicted molar refractivity (Wildman–Crippen MR) is 590 cm³/mol. The molecule has 0 aliphatic heterocycles. The Hall–Kier alpha value is -20.6. The van der Waals surface area contributed by atoms with Crippen LogP contribution in [0.3, 0.4) is 0 Å². The molecule has 18 aromatic carbocycles. The van der Waals surface area contributed by atoms with Crippen molar-refractivity contribution in [2.75, 3.05) is 4.90 Å². The van der Waals surface area contributed by atoms with Crippen molar-refractivity contribution in [2.24, 2.45) is 0 Å². The largest absolute Gasteiger partial charge is 0.310 e. The van der Waals surface area contributed by atoms with Gasteiger partial charge in [-0.05, 0) is 121 Å². The molecule has 21 nitrogen and oxygen atoms in total. The van der Waals surface area contributed by atoms with E-state index in [1.807, 2.05) is 233 Å². The van der Waals surface area contributed by atoms with Crippen LogP contribution < -0.4 is 4.90 Å². The van der Waals surface area contributed by atoms with Crippen LogP contribution >= 0.6 is 0 Å². The fourth-order valence-corrected chi connectivity index (χ4v) is 20.5. The average Bonchev–Trinajstić information content (AvgIpc) is 1.55.